The summed E-state index contributed by atoms with van der Waals surface area (Å²) >= 11 is 0. The Kier molecular flexibility index (Phi) is 8.46. The van der Waals surface area contributed by atoms with E-state index < -0.39 is 23.3 Å². The highest BCUT2D eigenvalue weighted by Crippen LogP contribution is 2.40. The second kappa shape index (κ2) is 11.4. The number of Topliss-reactive ketones (excluding diaryl/α,β-unsaturated/α-hetero) is 1. The lowest BCUT2D eigenvalue weighted by molar-refractivity contribution is -0.155. The Labute approximate surface area is 210 Å². The predicted octanol–water partition coefficient (Wildman–Crippen LogP) is 4.70. The fourth-order valence-corrected chi connectivity index (χ4v) is 6.62. The molecule has 0 aromatic rings. The summed E-state index contributed by atoms with van der Waals surface area (Å²) in [6.07, 6.45) is 17.4. The van der Waals surface area contributed by atoms with Gasteiger partial charge in [-0.1, -0.05) is 44.6 Å². The van der Waals surface area contributed by atoms with Crippen molar-refractivity contribution in [3.8, 4) is 0 Å². The van der Waals surface area contributed by atoms with Crippen LogP contribution in [0.2, 0.25) is 0 Å². The quantitative estimate of drug-likeness (QED) is 0.417. The molecule has 35 heavy (non-hydrogen) atoms. The molecular weight excluding hydrogens is 442 g/mol. The number of hydrogen-bond donors (Lipinski definition) is 0. The van der Waals surface area contributed by atoms with E-state index in [1.807, 2.05) is 6.08 Å². The van der Waals surface area contributed by atoms with Gasteiger partial charge in [0, 0.05) is 25.6 Å². The third-order valence-corrected chi connectivity index (χ3v) is 8.92. The van der Waals surface area contributed by atoms with Crippen molar-refractivity contribution in [3.05, 3.63) is 11.6 Å². The highest BCUT2D eigenvalue weighted by atomic mass is 16.2. The maximum atomic E-state index is 13.6. The number of hydrogen-bond acceptors (Lipinski definition) is 5. The van der Waals surface area contributed by atoms with E-state index in [1.54, 1.807) is 6.92 Å². The summed E-state index contributed by atoms with van der Waals surface area (Å²) in [4.78, 5) is 57.7. The van der Waals surface area contributed by atoms with Crippen molar-refractivity contribution in [1.29, 1.82) is 0 Å². The molecule has 0 N–H and O–H groups in total. The molecule has 4 amide bonds. The molecule has 0 spiro atoms. The first-order valence-corrected chi connectivity index (χ1v) is 13.9. The van der Waals surface area contributed by atoms with E-state index >= 15 is 0 Å². The highest BCUT2D eigenvalue weighted by molar-refractivity contribution is 6.21. The molecule has 2 aliphatic carbocycles. The lowest BCUT2D eigenvalue weighted by atomic mass is 9.73. The SMILES string of the molecule is CN1C(=O)N(CC(=O)C2CCCN(C3CCCCCCCC3)C2)C(=O)C(C)(C2=CCCCC2)C1=O. The van der Waals surface area contributed by atoms with Crippen molar-refractivity contribution >= 4 is 23.6 Å². The molecule has 2 aliphatic heterocycles. The Bertz CT molecular complexity index is 858. The summed E-state index contributed by atoms with van der Waals surface area (Å²) in [5.41, 5.74) is -0.598. The third kappa shape index (κ3) is 5.40. The van der Waals surface area contributed by atoms with Gasteiger partial charge in [-0.15, -0.1) is 0 Å². The average Bonchev–Trinajstić information content (AvgIpc) is 3.03. The molecule has 0 aromatic heterocycles. The second-order valence-electron chi connectivity index (χ2n) is 11.3. The van der Waals surface area contributed by atoms with Crippen molar-refractivity contribution in [3.63, 3.8) is 0 Å². The summed E-state index contributed by atoms with van der Waals surface area (Å²) in [5.74, 6) is -1.23. The van der Waals surface area contributed by atoms with Crippen LogP contribution in [0.3, 0.4) is 0 Å². The molecule has 3 fully saturated rings. The van der Waals surface area contributed by atoms with Crippen molar-refractivity contribution < 1.29 is 19.2 Å². The standard InChI is InChI=1S/C28H43N3O4/c1-28(22-14-8-7-9-15-22)25(33)29(2)27(35)31(26(28)34)20-24(32)21-13-12-18-30(19-21)23-16-10-5-3-4-6-11-17-23/h14,21,23H,3-13,15-20H2,1-2H3. The van der Waals surface area contributed by atoms with Gasteiger partial charge in [0.15, 0.2) is 5.78 Å². The lowest BCUT2D eigenvalue weighted by Gasteiger charge is -2.43. The van der Waals surface area contributed by atoms with Gasteiger partial charge in [-0.2, -0.15) is 0 Å². The number of amides is 4. The van der Waals surface area contributed by atoms with Crippen LogP contribution in [0.4, 0.5) is 4.79 Å². The van der Waals surface area contributed by atoms with Crippen molar-refractivity contribution in [2.24, 2.45) is 11.3 Å². The smallest absolute Gasteiger partial charge is 0.300 e. The molecule has 4 rings (SSSR count). The molecule has 0 bridgehead atoms. The van der Waals surface area contributed by atoms with Gasteiger partial charge in [0.05, 0.1) is 6.54 Å². The van der Waals surface area contributed by atoms with Gasteiger partial charge >= 0.3 is 6.03 Å². The van der Waals surface area contributed by atoms with E-state index in [0.29, 0.717) is 12.5 Å². The molecule has 0 radical (unpaired) electrons. The molecule has 2 heterocycles. The van der Waals surface area contributed by atoms with Gasteiger partial charge in [0.2, 0.25) is 5.91 Å². The number of likely N-dealkylation sites (tertiary alicyclic amines) is 1. The zero-order valence-corrected chi connectivity index (χ0v) is 21.7. The maximum absolute atomic E-state index is 13.6. The Morgan fingerprint density at radius 1 is 0.914 bits per heavy atom. The van der Waals surface area contributed by atoms with Crippen LogP contribution in [0.5, 0.6) is 0 Å². The number of carbonyl (C=O) groups is 4. The number of allylic oxidation sites excluding steroid dienone is 1. The van der Waals surface area contributed by atoms with Gasteiger partial charge in [-0.05, 0) is 70.4 Å². The van der Waals surface area contributed by atoms with Gasteiger partial charge in [0.1, 0.15) is 5.41 Å². The number of carbonyl (C=O) groups excluding carboxylic acids is 4. The normalized spacial score (nSPS) is 30.5. The summed E-state index contributed by atoms with van der Waals surface area (Å²) in [6.45, 7) is 3.15. The van der Waals surface area contributed by atoms with Crippen LogP contribution in [-0.2, 0) is 14.4 Å². The van der Waals surface area contributed by atoms with E-state index in [2.05, 4.69) is 4.90 Å². The molecular formula is C28H43N3O4. The number of rotatable bonds is 5. The molecule has 2 unspecified atom stereocenters. The molecule has 1 saturated carbocycles. The third-order valence-electron chi connectivity index (χ3n) is 8.92. The van der Waals surface area contributed by atoms with Crippen molar-refractivity contribution in [2.45, 2.75) is 103 Å². The van der Waals surface area contributed by atoms with Crippen LogP contribution in [0.15, 0.2) is 11.6 Å². The number of ketones is 1. The Morgan fingerprint density at radius 3 is 2.26 bits per heavy atom. The van der Waals surface area contributed by atoms with Crippen LogP contribution in [0.25, 0.3) is 0 Å². The molecule has 7 heteroatoms. The molecule has 7 nitrogen and oxygen atoms in total. The Morgan fingerprint density at radius 2 is 1.60 bits per heavy atom. The minimum absolute atomic E-state index is 0.0535. The maximum Gasteiger partial charge on any atom is 0.333 e. The zero-order valence-electron chi connectivity index (χ0n) is 21.7. The number of piperidine rings is 1. The molecule has 0 aromatic carbocycles. The molecule has 2 saturated heterocycles. The Balaban J connectivity index is 1.45. The zero-order chi connectivity index (χ0) is 25.0. The van der Waals surface area contributed by atoms with Crippen LogP contribution in [0, 0.1) is 11.3 Å². The first-order chi connectivity index (χ1) is 16.8. The van der Waals surface area contributed by atoms with Gasteiger partial charge in [-0.3, -0.25) is 29.1 Å². The number of urea groups is 1. The molecule has 4 aliphatic rings. The lowest BCUT2D eigenvalue weighted by Crippen LogP contribution is -2.65. The number of nitrogens with zero attached hydrogens (tertiary/aromatic N) is 3. The van der Waals surface area contributed by atoms with Gasteiger partial charge in [-0.25, -0.2) is 4.79 Å². The summed E-state index contributed by atoms with van der Waals surface area (Å²) in [7, 11) is 1.43. The highest BCUT2D eigenvalue weighted by Gasteiger charge is 2.55. The monoisotopic (exact) mass is 485 g/mol. The summed E-state index contributed by atoms with van der Waals surface area (Å²) in [6, 6.07) is -0.140. The van der Waals surface area contributed by atoms with Crippen molar-refractivity contribution in [1.82, 2.24) is 14.7 Å². The fourth-order valence-electron chi connectivity index (χ4n) is 6.62. The summed E-state index contributed by atoms with van der Waals surface area (Å²) in [5, 5.41) is 0. The van der Waals surface area contributed by atoms with E-state index in [-0.39, 0.29) is 18.2 Å². The number of barbiturate groups is 1. The first kappa shape index (κ1) is 26.1. The van der Waals surface area contributed by atoms with Crippen LogP contribution < -0.4 is 0 Å². The topological polar surface area (TPSA) is 78.0 Å². The largest absolute Gasteiger partial charge is 0.333 e. The van der Waals surface area contributed by atoms with Crippen molar-refractivity contribution in [2.75, 3.05) is 26.7 Å². The second-order valence-corrected chi connectivity index (χ2v) is 11.3. The van der Waals surface area contributed by atoms with E-state index in [1.165, 1.54) is 58.4 Å². The molecule has 194 valence electrons. The Hall–Kier alpha value is -2.02. The minimum Gasteiger partial charge on any atom is -0.300 e. The van der Waals surface area contributed by atoms with Gasteiger partial charge < -0.3 is 0 Å². The average molecular weight is 486 g/mol. The minimum atomic E-state index is -1.39. The molecule has 2 atom stereocenters. The number of imide groups is 2. The van der Waals surface area contributed by atoms with Crippen LogP contribution in [-0.4, -0.2) is 71.1 Å². The van der Waals surface area contributed by atoms with E-state index in [9.17, 15) is 19.2 Å². The van der Waals surface area contributed by atoms with Crippen LogP contribution >= 0.6 is 0 Å². The fraction of sp³-hybridized carbons (Fsp3) is 0.786. The first-order valence-electron chi connectivity index (χ1n) is 13.9. The predicted molar refractivity (Wildman–Crippen MR) is 135 cm³/mol. The van der Waals surface area contributed by atoms with E-state index in [4.69, 9.17) is 0 Å². The summed E-state index contributed by atoms with van der Waals surface area (Å²) < 4.78 is 0. The van der Waals surface area contributed by atoms with Gasteiger partial charge in [0.25, 0.3) is 5.91 Å². The van der Waals surface area contributed by atoms with Crippen LogP contribution in [0.1, 0.15) is 96.8 Å². The van der Waals surface area contributed by atoms with E-state index in [0.717, 1.165) is 60.6 Å².